The Kier molecular flexibility index (Phi) is 44.3. The molecule has 0 aromatic rings. The largest absolute Gasteiger partial charge is 0.394 e. The molecule has 0 saturated carbocycles. The Morgan fingerprint density at radius 3 is 1.23 bits per heavy atom. The molecule has 444 valence electrons. The molecule has 0 aromatic carbocycles. The van der Waals surface area contributed by atoms with Crippen molar-refractivity contribution in [2.75, 3.05) is 19.8 Å². The van der Waals surface area contributed by atoms with Crippen LogP contribution in [-0.4, -0.2) is 140 Å². The van der Waals surface area contributed by atoms with E-state index in [1.165, 1.54) is 212 Å². The van der Waals surface area contributed by atoms with Crippen molar-refractivity contribution in [2.24, 2.45) is 0 Å². The minimum Gasteiger partial charge on any atom is -0.394 e. The summed E-state index contributed by atoms with van der Waals surface area (Å²) in [6.07, 6.45) is 38.7. The molecule has 0 spiro atoms. The van der Waals surface area contributed by atoms with Gasteiger partial charge in [-0.1, -0.05) is 264 Å². The second-order valence-corrected chi connectivity index (χ2v) is 22.6. The molecule has 0 bridgehead atoms. The lowest BCUT2D eigenvalue weighted by molar-refractivity contribution is -0.359. The molecular weight excluding hydrogens is 955 g/mol. The van der Waals surface area contributed by atoms with E-state index in [0.29, 0.717) is 6.42 Å². The van der Waals surface area contributed by atoms with E-state index in [-0.39, 0.29) is 18.9 Å². The van der Waals surface area contributed by atoms with Crippen molar-refractivity contribution in [3.05, 3.63) is 12.2 Å². The number of allylic oxidation sites excluding steroid dienone is 1. The maximum atomic E-state index is 13.1. The Balaban J connectivity index is 1.61. The lowest BCUT2D eigenvalue weighted by Gasteiger charge is -2.46. The van der Waals surface area contributed by atoms with E-state index in [4.69, 9.17) is 18.9 Å². The molecular formula is C61H117NO13. The number of amides is 1. The number of aliphatic hydroxyl groups excluding tert-OH is 8. The summed E-state index contributed by atoms with van der Waals surface area (Å²) in [6.45, 7) is 2.79. The van der Waals surface area contributed by atoms with Crippen LogP contribution in [0, 0.1) is 0 Å². The number of unbranched alkanes of at least 4 members (excludes halogenated alkanes) is 38. The molecule has 0 aliphatic carbocycles. The molecule has 0 radical (unpaired) electrons. The van der Waals surface area contributed by atoms with Crippen LogP contribution in [0.2, 0.25) is 0 Å². The van der Waals surface area contributed by atoms with E-state index in [9.17, 15) is 45.6 Å². The van der Waals surface area contributed by atoms with Gasteiger partial charge in [-0.25, -0.2) is 0 Å². The third-order valence-corrected chi connectivity index (χ3v) is 15.7. The standard InChI is InChI=1S/C61H117NO13/c1-3-5-7-9-11-13-14-15-16-17-18-19-20-21-22-23-24-25-26-27-28-29-30-31-32-33-34-35-37-38-40-42-44-50(65)49(62-53(66)45-43-41-39-36-12-10-8-6-4-2)48-72-60-58(71)56(69)59(52(47-64)74-60)75-61-57(70)55(68)54(67)51(46-63)73-61/h42,44,49-52,54-61,63-65,67-71H,3-41,43,45-48H2,1-2H3,(H,62,66)/b44-42+. The maximum absolute atomic E-state index is 13.1. The van der Waals surface area contributed by atoms with Crippen LogP contribution in [0.1, 0.15) is 277 Å². The van der Waals surface area contributed by atoms with Gasteiger partial charge >= 0.3 is 0 Å². The minimum atomic E-state index is -1.78. The summed E-state index contributed by atoms with van der Waals surface area (Å²) < 4.78 is 22.7. The molecule has 9 N–H and O–H groups in total. The highest BCUT2D eigenvalue weighted by molar-refractivity contribution is 5.76. The van der Waals surface area contributed by atoms with Gasteiger partial charge in [-0.3, -0.25) is 4.79 Å². The van der Waals surface area contributed by atoms with Crippen LogP contribution >= 0.6 is 0 Å². The van der Waals surface area contributed by atoms with Crippen LogP contribution in [0.4, 0.5) is 0 Å². The molecule has 12 unspecified atom stereocenters. The van der Waals surface area contributed by atoms with Crippen molar-refractivity contribution in [3.8, 4) is 0 Å². The van der Waals surface area contributed by atoms with Crippen molar-refractivity contribution >= 4 is 5.91 Å². The maximum Gasteiger partial charge on any atom is 0.220 e. The van der Waals surface area contributed by atoms with Gasteiger partial charge in [0.2, 0.25) is 5.91 Å². The highest BCUT2D eigenvalue weighted by Gasteiger charge is 2.51. The van der Waals surface area contributed by atoms with Crippen molar-refractivity contribution in [3.63, 3.8) is 0 Å². The molecule has 2 fully saturated rings. The number of hydrogen-bond donors (Lipinski definition) is 9. The monoisotopic (exact) mass is 1070 g/mol. The van der Waals surface area contributed by atoms with E-state index >= 15 is 0 Å². The summed E-state index contributed by atoms with van der Waals surface area (Å²) in [6, 6.07) is -0.908. The molecule has 14 nitrogen and oxygen atoms in total. The first-order valence-electron chi connectivity index (χ1n) is 31.4. The van der Waals surface area contributed by atoms with Crippen molar-refractivity contribution in [1.29, 1.82) is 0 Å². The van der Waals surface area contributed by atoms with Gasteiger partial charge in [0.1, 0.15) is 48.8 Å². The van der Waals surface area contributed by atoms with E-state index in [0.717, 1.165) is 38.5 Å². The summed E-state index contributed by atoms with van der Waals surface area (Å²) in [5, 5.41) is 86.9. The van der Waals surface area contributed by atoms with Gasteiger partial charge in [0.25, 0.3) is 0 Å². The molecule has 2 aliphatic heterocycles. The second-order valence-electron chi connectivity index (χ2n) is 22.6. The van der Waals surface area contributed by atoms with Crippen molar-refractivity contribution in [1.82, 2.24) is 5.32 Å². The Hall–Kier alpha value is -1.27. The van der Waals surface area contributed by atoms with Crippen LogP contribution < -0.4 is 5.32 Å². The van der Waals surface area contributed by atoms with Gasteiger partial charge in [-0.2, -0.15) is 0 Å². The first-order chi connectivity index (χ1) is 36.6. The quantitative estimate of drug-likeness (QED) is 0.0204. The lowest BCUT2D eigenvalue weighted by Crippen LogP contribution is -2.65. The molecule has 2 rings (SSSR count). The van der Waals surface area contributed by atoms with Crippen LogP contribution in [-0.2, 0) is 23.7 Å². The SMILES string of the molecule is CCCCCCCCCCCCCCCCCCCCCCCCCCCCCCCC/C=C/C(O)C(COC1OC(CO)C(OC2OC(CO)C(O)C(O)C2O)C(O)C1O)NC(=O)CCCCCCCCCCC. The number of aliphatic hydroxyl groups is 8. The fourth-order valence-corrected chi connectivity index (χ4v) is 10.6. The fraction of sp³-hybridized carbons (Fsp3) is 0.951. The zero-order valence-corrected chi connectivity index (χ0v) is 47.8. The summed E-state index contributed by atoms with van der Waals surface area (Å²) in [5.41, 5.74) is 0. The van der Waals surface area contributed by atoms with Crippen LogP contribution in [0.25, 0.3) is 0 Å². The zero-order chi connectivity index (χ0) is 54.6. The van der Waals surface area contributed by atoms with Crippen LogP contribution in [0.3, 0.4) is 0 Å². The molecule has 2 aliphatic rings. The Bertz CT molecular complexity index is 1310. The summed E-state index contributed by atoms with van der Waals surface area (Å²) in [5.74, 6) is -0.239. The molecule has 12 atom stereocenters. The molecule has 75 heavy (non-hydrogen) atoms. The average molecular weight is 1070 g/mol. The lowest BCUT2D eigenvalue weighted by atomic mass is 9.97. The third-order valence-electron chi connectivity index (χ3n) is 15.7. The predicted octanol–water partition coefficient (Wildman–Crippen LogP) is 11.1. The summed E-state index contributed by atoms with van der Waals surface area (Å²) in [4.78, 5) is 13.1. The molecule has 2 saturated heterocycles. The normalized spacial score (nSPS) is 25.0. The summed E-state index contributed by atoms with van der Waals surface area (Å²) in [7, 11) is 0. The Labute approximate surface area is 456 Å². The fourth-order valence-electron chi connectivity index (χ4n) is 10.6. The number of carbonyl (C=O) groups excluding carboxylic acids is 1. The predicted molar refractivity (Wildman–Crippen MR) is 300 cm³/mol. The molecule has 0 aromatic heterocycles. The smallest absolute Gasteiger partial charge is 0.220 e. The summed E-state index contributed by atoms with van der Waals surface area (Å²) >= 11 is 0. The highest BCUT2D eigenvalue weighted by atomic mass is 16.7. The van der Waals surface area contributed by atoms with Gasteiger partial charge < -0.3 is 65.1 Å². The Morgan fingerprint density at radius 1 is 0.467 bits per heavy atom. The van der Waals surface area contributed by atoms with Gasteiger partial charge in [-0.05, 0) is 19.3 Å². The van der Waals surface area contributed by atoms with E-state index < -0.39 is 86.8 Å². The van der Waals surface area contributed by atoms with E-state index in [1.807, 2.05) is 6.08 Å². The Morgan fingerprint density at radius 2 is 0.827 bits per heavy atom. The van der Waals surface area contributed by atoms with Crippen LogP contribution in [0.5, 0.6) is 0 Å². The highest BCUT2D eigenvalue weighted by Crippen LogP contribution is 2.30. The zero-order valence-electron chi connectivity index (χ0n) is 47.8. The van der Waals surface area contributed by atoms with Gasteiger partial charge in [0.15, 0.2) is 12.6 Å². The number of hydrogen-bond acceptors (Lipinski definition) is 13. The van der Waals surface area contributed by atoms with E-state index in [2.05, 4.69) is 19.2 Å². The number of rotatable bonds is 51. The van der Waals surface area contributed by atoms with Crippen molar-refractivity contribution in [2.45, 2.75) is 351 Å². The van der Waals surface area contributed by atoms with Gasteiger partial charge in [-0.15, -0.1) is 0 Å². The first-order valence-corrected chi connectivity index (χ1v) is 31.4. The minimum absolute atomic E-state index is 0.239. The molecule has 2 heterocycles. The molecule has 1 amide bonds. The number of ether oxygens (including phenoxy) is 4. The molecule has 14 heteroatoms. The number of carbonyl (C=O) groups is 1. The van der Waals surface area contributed by atoms with Crippen molar-refractivity contribution < 1.29 is 64.6 Å². The van der Waals surface area contributed by atoms with Gasteiger partial charge in [0.05, 0.1) is 32.0 Å². The average Bonchev–Trinajstić information content (AvgIpc) is 3.41. The second kappa shape index (κ2) is 47.5. The van der Waals surface area contributed by atoms with Crippen LogP contribution in [0.15, 0.2) is 12.2 Å². The topological polar surface area (TPSA) is 228 Å². The third kappa shape index (κ3) is 33.2. The number of nitrogens with one attached hydrogen (secondary N) is 1. The van der Waals surface area contributed by atoms with Gasteiger partial charge in [0, 0.05) is 6.42 Å². The first kappa shape index (κ1) is 69.8. The van der Waals surface area contributed by atoms with E-state index in [1.54, 1.807) is 6.08 Å².